The van der Waals surface area contributed by atoms with E-state index >= 15 is 0 Å². The van der Waals surface area contributed by atoms with Gasteiger partial charge in [0.2, 0.25) is 0 Å². The molecule has 1 N–H and O–H groups in total. The predicted octanol–water partition coefficient (Wildman–Crippen LogP) is 0.801. The van der Waals surface area contributed by atoms with Gasteiger partial charge in [0, 0.05) is 13.7 Å². The SMILES string of the molecule is COCC1(C(=O)OC(C)(C)C)CCCN1CCO. The minimum atomic E-state index is -0.731. The van der Waals surface area contributed by atoms with Crippen molar-refractivity contribution in [1.29, 1.82) is 0 Å². The Morgan fingerprint density at radius 1 is 1.44 bits per heavy atom. The molecule has 1 atom stereocenters. The van der Waals surface area contributed by atoms with Crippen LogP contribution < -0.4 is 0 Å². The van der Waals surface area contributed by atoms with Crippen LogP contribution in [-0.2, 0) is 14.3 Å². The Bertz CT molecular complexity index is 287. The number of hydrogen-bond donors (Lipinski definition) is 1. The molecule has 1 aliphatic rings. The summed E-state index contributed by atoms with van der Waals surface area (Å²) in [5.74, 6) is -0.247. The second-order valence-corrected chi connectivity index (χ2v) is 5.78. The summed E-state index contributed by atoms with van der Waals surface area (Å²) in [6.07, 6.45) is 1.64. The molecule has 0 saturated carbocycles. The first-order valence-corrected chi connectivity index (χ1v) is 6.44. The summed E-state index contributed by atoms with van der Waals surface area (Å²) in [7, 11) is 1.58. The second-order valence-electron chi connectivity index (χ2n) is 5.78. The Morgan fingerprint density at radius 2 is 2.11 bits per heavy atom. The summed E-state index contributed by atoms with van der Waals surface area (Å²) in [6.45, 7) is 7.19. The maximum Gasteiger partial charge on any atom is 0.329 e. The average molecular weight is 259 g/mol. The van der Waals surface area contributed by atoms with E-state index in [2.05, 4.69) is 0 Å². The van der Waals surface area contributed by atoms with Crippen molar-refractivity contribution in [3.05, 3.63) is 0 Å². The lowest BCUT2D eigenvalue weighted by Gasteiger charge is -2.37. The van der Waals surface area contributed by atoms with E-state index in [1.54, 1.807) is 7.11 Å². The number of likely N-dealkylation sites (tertiary alicyclic amines) is 1. The van der Waals surface area contributed by atoms with Gasteiger partial charge in [0.15, 0.2) is 0 Å². The number of hydrogen-bond acceptors (Lipinski definition) is 5. The zero-order valence-electron chi connectivity index (χ0n) is 11.9. The number of aliphatic hydroxyl groups is 1. The third-order valence-corrected chi connectivity index (χ3v) is 3.16. The molecule has 5 nitrogen and oxygen atoms in total. The topological polar surface area (TPSA) is 59.0 Å². The highest BCUT2D eigenvalue weighted by molar-refractivity contribution is 5.82. The third kappa shape index (κ3) is 3.43. The lowest BCUT2D eigenvalue weighted by Crippen LogP contribution is -2.56. The van der Waals surface area contributed by atoms with Crippen LogP contribution >= 0.6 is 0 Å². The molecule has 0 aromatic rings. The smallest absolute Gasteiger partial charge is 0.329 e. The Labute approximate surface area is 109 Å². The van der Waals surface area contributed by atoms with Gasteiger partial charge in [-0.05, 0) is 40.2 Å². The van der Waals surface area contributed by atoms with Crippen molar-refractivity contribution in [3.8, 4) is 0 Å². The van der Waals surface area contributed by atoms with Crippen molar-refractivity contribution in [2.75, 3.05) is 33.4 Å². The lowest BCUT2D eigenvalue weighted by atomic mass is 9.96. The number of carbonyl (C=O) groups is 1. The van der Waals surface area contributed by atoms with E-state index in [4.69, 9.17) is 14.6 Å². The molecule has 0 aromatic carbocycles. The summed E-state index contributed by atoms with van der Waals surface area (Å²) < 4.78 is 10.7. The summed E-state index contributed by atoms with van der Waals surface area (Å²) in [5.41, 5.74) is -1.24. The Balaban J connectivity index is 2.88. The van der Waals surface area contributed by atoms with E-state index in [0.717, 1.165) is 19.4 Å². The number of β-amino-alcohol motifs (C(OH)–C–C–N with tert-alkyl or cyclic N) is 1. The maximum absolute atomic E-state index is 12.4. The van der Waals surface area contributed by atoms with Crippen molar-refractivity contribution in [1.82, 2.24) is 4.90 Å². The first-order chi connectivity index (χ1) is 8.35. The molecule has 0 radical (unpaired) electrons. The fraction of sp³-hybridized carbons (Fsp3) is 0.923. The lowest BCUT2D eigenvalue weighted by molar-refractivity contribution is -0.172. The predicted molar refractivity (Wildman–Crippen MR) is 68.3 cm³/mol. The van der Waals surface area contributed by atoms with E-state index in [9.17, 15) is 4.79 Å². The zero-order valence-corrected chi connectivity index (χ0v) is 11.9. The fourth-order valence-corrected chi connectivity index (χ4v) is 2.45. The highest BCUT2D eigenvalue weighted by Gasteiger charge is 2.49. The van der Waals surface area contributed by atoms with Crippen LogP contribution in [0.25, 0.3) is 0 Å². The van der Waals surface area contributed by atoms with Gasteiger partial charge in [-0.2, -0.15) is 0 Å². The Hall–Kier alpha value is -0.650. The van der Waals surface area contributed by atoms with Gasteiger partial charge >= 0.3 is 5.97 Å². The van der Waals surface area contributed by atoms with Gasteiger partial charge < -0.3 is 14.6 Å². The van der Waals surface area contributed by atoms with Gasteiger partial charge in [-0.15, -0.1) is 0 Å². The van der Waals surface area contributed by atoms with Crippen LogP contribution in [-0.4, -0.2) is 60.5 Å². The molecule has 106 valence electrons. The normalized spacial score (nSPS) is 25.4. The maximum atomic E-state index is 12.4. The molecular weight excluding hydrogens is 234 g/mol. The van der Waals surface area contributed by atoms with Crippen LogP contribution in [0.15, 0.2) is 0 Å². The number of ether oxygens (including phenoxy) is 2. The highest BCUT2D eigenvalue weighted by Crippen LogP contribution is 2.32. The molecule has 0 aromatic heterocycles. The van der Waals surface area contributed by atoms with Gasteiger partial charge in [-0.1, -0.05) is 0 Å². The highest BCUT2D eigenvalue weighted by atomic mass is 16.6. The first-order valence-electron chi connectivity index (χ1n) is 6.44. The van der Waals surface area contributed by atoms with E-state index < -0.39 is 11.1 Å². The van der Waals surface area contributed by atoms with Gasteiger partial charge in [-0.25, -0.2) is 4.79 Å². The minimum Gasteiger partial charge on any atom is -0.459 e. The molecule has 0 spiro atoms. The molecule has 1 heterocycles. The second kappa shape index (κ2) is 5.99. The number of methoxy groups -OCH3 is 1. The van der Waals surface area contributed by atoms with Crippen molar-refractivity contribution >= 4 is 5.97 Å². The van der Waals surface area contributed by atoms with Gasteiger partial charge in [0.25, 0.3) is 0 Å². The third-order valence-electron chi connectivity index (χ3n) is 3.16. The number of esters is 1. The largest absolute Gasteiger partial charge is 0.459 e. The summed E-state index contributed by atoms with van der Waals surface area (Å²) in [5, 5.41) is 9.11. The van der Waals surface area contributed by atoms with E-state index in [-0.39, 0.29) is 12.6 Å². The fourth-order valence-electron chi connectivity index (χ4n) is 2.45. The molecule has 1 saturated heterocycles. The zero-order chi connectivity index (χ0) is 13.8. The van der Waals surface area contributed by atoms with E-state index in [1.807, 2.05) is 25.7 Å². The summed E-state index contributed by atoms with van der Waals surface area (Å²) >= 11 is 0. The van der Waals surface area contributed by atoms with Crippen LogP contribution in [0.1, 0.15) is 33.6 Å². The van der Waals surface area contributed by atoms with Gasteiger partial charge in [0.05, 0.1) is 13.2 Å². The van der Waals surface area contributed by atoms with Crippen LogP contribution in [0, 0.1) is 0 Å². The van der Waals surface area contributed by atoms with E-state index in [0.29, 0.717) is 13.2 Å². The molecule has 1 unspecified atom stereocenters. The van der Waals surface area contributed by atoms with Gasteiger partial charge in [0.1, 0.15) is 11.1 Å². The summed E-state index contributed by atoms with van der Waals surface area (Å²) in [4.78, 5) is 14.4. The molecule has 5 heteroatoms. The number of nitrogens with zero attached hydrogens (tertiary/aromatic N) is 1. The molecule has 1 fully saturated rings. The molecule has 1 aliphatic heterocycles. The van der Waals surface area contributed by atoms with Crippen LogP contribution in [0.4, 0.5) is 0 Å². The van der Waals surface area contributed by atoms with Crippen molar-refractivity contribution < 1.29 is 19.4 Å². The van der Waals surface area contributed by atoms with Crippen LogP contribution in [0.2, 0.25) is 0 Å². The molecule has 0 bridgehead atoms. The summed E-state index contributed by atoms with van der Waals surface area (Å²) in [6, 6.07) is 0. The van der Waals surface area contributed by atoms with Crippen molar-refractivity contribution in [3.63, 3.8) is 0 Å². The van der Waals surface area contributed by atoms with Crippen molar-refractivity contribution in [2.45, 2.75) is 44.8 Å². The van der Waals surface area contributed by atoms with Crippen molar-refractivity contribution in [2.24, 2.45) is 0 Å². The molecule has 1 rings (SSSR count). The Kier molecular flexibility index (Phi) is 5.13. The minimum absolute atomic E-state index is 0.0360. The first kappa shape index (κ1) is 15.4. The molecule has 0 aliphatic carbocycles. The number of rotatable bonds is 5. The molecular formula is C13H25NO4. The van der Waals surface area contributed by atoms with E-state index in [1.165, 1.54) is 0 Å². The molecule has 0 amide bonds. The standard InChI is InChI=1S/C13H25NO4/c1-12(2,3)18-11(16)13(10-17-4)6-5-7-14(13)8-9-15/h15H,5-10H2,1-4H3. The van der Waals surface area contributed by atoms with Crippen LogP contribution in [0.3, 0.4) is 0 Å². The number of aliphatic hydroxyl groups excluding tert-OH is 1. The quantitative estimate of drug-likeness (QED) is 0.740. The van der Waals surface area contributed by atoms with Crippen LogP contribution in [0.5, 0.6) is 0 Å². The average Bonchev–Trinajstić information content (AvgIpc) is 2.61. The number of carbonyl (C=O) groups excluding carboxylic acids is 1. The molecule has 18 heavy (non-hydrogen) atoms. The monoisotopic (exact) mass is 259 g/mol. The van der Waals surface area contributed by atoms with Gasteiger partial charge in [-0.3, -0.25) is 4.90 Å². The Morgan fingerprint density at radius 3 is 2.61 bits per heavy atom.